The van der Waals surface area contributed by atoms with Crippen molar-refractivity contribution in [2.24, 2.45) is 0 Å². The summed E-state index contributed by atoms with van der Waals surface area (Å²) in [4.78, 5) is 16.8. The van der Waals surface area contributed by atoms with Crippen LogP contribution in [0.3, 0.4) is 0 Å². The number of carbonyl (C=O) groups is 1. The van der Waals surface area contributed by atoms with Gasteiger partial charge in [0.2, 0.25) is 5.91 Å². The Morgan fingerprint density at radius 2 is 2.14 bits per heavy atom. The lowest BCUT2D eigenvalue weighted by Crippen LogP contribution is -2.14. The summed E-state index contributed by atoms with van der Waals surface area (Å²) in [5.74, 6) is 1.39. The van der Waals surface area contributed by atoms with Gasteiger partial charge in [0, 0.05) is 18.1 Å². The van der Waals surface area contributed by atoms with E-state index >= 15 is 0 Å². The second kappa shape index (κ2) is 6.76. The molecule has 1 aliphatic rings. The zero-order valence-corrected chi connectivity index (χ0v) is 16.0. The van der Waals surface area contributed by atoms with Crippen LogP contribution < -0.4 is 10.1 Å². The first kappa shape index (κ1) is 16.9. The number of hydrogen-bond acceptors (Lipinski definition) is 6. The Morgan fingerprint density at radius 3 is 3.04 bits per heavy atom. The van der Waals surface area contributed by atoms with E-state index in [9.17, 15) is 4.79 Å². The number of carbonyl (C=O) groups excluding carboxylic acids is 1. The molecule has 0 saturated heterocycles. The number of para-hydroxylation sites is 1. The van der Waals surface area contributed by atoms with Crippen LogP contribution in [0.15, 0.2) is 53.1 Å². The Labute approximate surface area is 165 Å². The van der Waals surface area contributed by atoms with Crippen molar-refractivity contribution in [1.29, 1.82) is 0 Å². The largest absolute Gasteiger partial charge is 0.490 e. The number of amides is 1. The van der Waals surface area contributed by atoms with E-state index in [-0.39, 0.29) is 18.4 Å². The number of aromatic nitrogens is 2. The molecule has 4 aromatic rings. The van der Waals surface area contributed by atoms with Crippen LogP contribution in [0.4, 0.5) is 5.13 Å². The molecule has 140 valence electrons. The molecule has 1 amide bonds. The van der Waals surface area contributed by atoms with Crippen LogP contribution in [0.25, 0.3) is 21.5 Å². The molecule has 28 heavy (non-hydrogen) atoms. The number of ether oxygens (including phenoxy) is 1. The molecule has 1 atom stereocenters. The Balaban J connectivity index is 1.28. The maximum Gasteiger partial charge on any atom is 0.232 e. The number of anilines is 1. The van der Waals surface area contributed by atoms with Gasteiger partial charge in [-0.15, -0.1) is 0 Å². The van der Waals surface area contributed by atoms with Crippen molar-refractivity contribution in [3.63, 3.8) is 0 Å². The molecule has 0 spiro atoms. The van der Waals surface area contributed by atoms with E-state index in [2.05, 4.69) is 28.4 Å². The van der Waals surface area contributed by atoms with E-state index in [1.807, 2.05) is 36.4 Å². The molecular weight excluding hydrogens is 374 g/mol. The topological polar surface area (TPSA) is 77.3 Å². The van der Waals surface area contributed by atoms with Crippen molar-refractivity contribution in [2.45, 2.75) is 25.9 Å². The zero-order chi connectivity index (χ0) is 19.1. The molecule has 2 aromatic heterocycles. The minimum absolute atomic E-state index is 0.129. The summed E-state index contributed by atoms with van der Waals surface area (Å²) in [7, 11) is 0. The van der Waals surface area contributed by atoms with Crippen molar-refractivity contribution in [3.8, 4) is 17.1 Å². The Morgan fingerprint density at radius 1 is 1.25 bits per heavy atom. The van der Waals surface area contributed by atoms with Crippen molar-refractivity contribution in [2.75, 3.05) is 5.32 Å². The molecule has 0 radical (unpaired) electrons. The summed E-state index contributed by atoms with van der Waals surface area (Å²) in [6.07, 6.45) is 1.21. The van der Waals surface area contributed by atoms with Gasteiger partial charge in [-0.3, -0.25) is 4.79 Å². The molecule has 0 saturated carbocycles. The fourth-order valence-electron chi connectivity index (χ4n) is 3.36. The zero-order valence-electron chi connectivity index (χ0n) is 15.1. The fourth-order valence-corrected chi connectivity index (χ4v) is 4.24. The molecular formula is C21H17N3O3S. The third-order valence-electron chi connectivity index (χ3n) is 4.62. The van der Waals surface area contributed by atoms with Crippen LogP contribution in [0.2, 0.25) is 0 Å². The van der Waals surface area contributed by atoms with Gasteiger partial charge in [0.05, 0.1) is 22.3 Å². The second-order valence-corrected chi connectivity index (χ2v) is 7.88. The lowest BCUT2D eigenvalue weighted by Gasteiger charge is -2.02. The third-order valence-corrected chi connectivity index (χ3v) is 5.57. The number of nitrogens with one attached hydrogen (secondary N) is 1. The van der Waals surface area contributed by atoms with Crippen LogP contribution in [0.1, 0.15) is 18.2 Å². The van der Waals surface area contributed by atoms with E-state index in [1.165, 1.54) is 11.3 Å². The van der Waals surface area contributed by atoms with Gasteiger partial charge < -0.3 is 14.6 Å². The number of fused-ring (bicyclic) bond motifs is 2. The molecule has 3 heterocycles. The van der Waals surface area contributed by atoms with Crippen LogP contribution in [-0.2, 0) is 17.6 Å². The van der Waals surface area contributed by atoms with E-state index < -0.39 is 0 Å². The molecule has 5 rings (SSSR count). The summed E-state index contributed by atoms with van der Waals surface area (Å²) in [5.41, 5.74) is 3.55. The predicted octanol–water partition coefficient (Wildman–Crippen LogP) is 4.46. The van der Waals surface area contributed by atoms with Crippen molar-refractivity contribution in [3.05, 3.63) is 59.8 Å². The normalized spacial score (nSPS) is 15.4. The van der Waals surface area contributed by atoms with Crippen LogP contribution in [-0.4, -0.2) is 22.2 Å². The highest BCUT2D eigenvalue weighted by Gasteiger charge is 2.20. The van der Waals surface area contributed by atoms with Gasteiger partial charge in [0.25, 0.3) is 0 Å². The van der Waals surface area contributed by atoms with Crippen LogP contribution in [0, 0.1) is 0 Å². The molecule has 1 aliphatic heterocycles. The fraction of sp³-hybridized carbons (Fsp3) is 0.190. The summed E-state index contributed by atoms with van der Waals surface area (Å²) < 4.78 is 12.2. The highest BCUT2D eigenvalue weighted by Crippen LogP contribution is 2.33. The first-order chi connectivity index (χ1) is 13.6. The number of hydrogen-bond donors (Lipinski definition) is 1. The molecule has 0 fully saturated rings. The number of nitrogens with zero attached hydrogens (tertiary/aromatic N) is 2. The Bertz CT molecular complexity index is 1150. The smallest absolute Gasteiger partial charge is 0.232 e. The van der Waals surface area contributed by atoms with Gasteiger partial charge in [-0.25, -0.2) is 4.98 Å². The lowest BCUT2D eigenvalue weighted by atomic mass is 10.1. The van der Waals surface area contributed by atoms with Gasteiger partial charge in [0.1, 0.15) is 11.9 Å². The number of rotatable bonds is 4. The van der Waals surface area contributed by atoms with Gasteiger partial charge in [-0.2, -0.15) is 0 Å². The van der Waals surface area contributed by atoms with E-state index in [0.29, 0.717) is 16.6 Å². The number of benzene rings is 2. The molecule has 6 nitrogen and oxygen atoms in total. The van der Waals surface area contributed by atoms with Crippen molar-refractivity contribution < 1.29 is 14.1 Å². The number of thiazole rings is 1. The third kappa shape index (κ3) is 3.25. The van der Waals surface area contributed by atoms with E-state index in [1.54, 1.807) is 6.07 Å². The summed E-state index contributed by atoms with van der Waals surface area (Å²) in [6, 6.07) is 15.6. The van der Waals surface area contributed by atoms with Crippen molar-refractivity contribution in [1.82, 2.24) is 10.1 Å². The van der Waals surface area contributed by atoms with E-state index in [4.69, 9.17) is 9.26 Å². The maximum atomic E-state index is 12.4. The van der Waals surface area contributed by atoms with E-state index in [0.717, 1.165) is 33.5 Å². The Kier molecular flexibility index (Phi) is 4.09. The van der Waals surface area contributed by atoms with Crippen LogP contribution >= 0.6 is 11.3 Å². The van der Waals surface area contributed by atoms with Gasteiger partial charge in [0.15, 0.2) is 10.9 Å². The molecule has 1 unspecified atom stereocenters. The highest BCUT2D eigenvalue weighted by atomic mass is 32.1. The Hall–Kier alpha value is -3.19. The second-order valence-electron chi connectivity index (χ2n) is 6.85. The van der Waals surface area contributed by atoms with Crippen LogP contribution in [0.5, 0.6) is 5.75 Å². The summed E-state index contributed by atoms with van der Waals surface area (Å²) in [6.45, 7) is 2.05. The molecule has 1 N–H and O–H groups in total. The lowest BCUT2D eigenvalue weighted by molar-refractivity contribution is -0.115. The molecule has 0 aliphatic carbocycles. The molecule has 7 heteroatoms. The first-order valence-electron chi connectivity index (χ1n) is 9.05. The summed E-state index contributed by atoms with van der Waals surface area (Å²) in [5, 5.41) is 7.47. The maximum absolute atomic E-state index is 12.4. The minimum Gasteiger partial charge on any atom is -0.490 e. The van der Waals surface area contributed by atoms with Gasteiger partial charge in [-0.1, -0.05) is 28.6 Å². The monoisotopic (exact) mass is 391 g/mol. The quantitative estimate of drug-likeness (QED) is 0.556. The summed E-state index contributed by atoms with van der Waals surface area (Å²) >= 11 is 1.45. The average molecular weight is 391 g/mol. The van der Waals surface area contributed by atoms with Crippen molar-refractivity contribution >= 4 is 32.6 Å². The minimum atomic E-state index is -0.171. The predicted molar refractivity (Wildman–Crippen MR) is 108 cm³/mol. The molecule has 2 aromatic carbocycles. The van der Waals surface area contributed by atoms with Gasteiger partial charge in [-0.05, 0) is 42.8 Å². The molecule has 0 bridgehead atoms. The average Bonchev–Trinajstić information content (AvgIpc) is 3.37. The standard InChI is InChI=1S/C21H17N3O3S/c1-12-8-14-9-13(6-7-17(14)26-12)18-10-15(24-27-18)11-20(25)23-21-22-16-4-2-3-5-19(16)28-21/h2-7,9-10,12H,8,11H2,1H3,(H,22,23,25). The SMILES string of the molecule is CC1Cc2cc(-c3cc(CC(=O)Nc4nc5ccccc5s4)no3)ccc2O1. The first-order valence-corrected chi connectivity index (χ1v) is 9.87. The van der Waals surface area contributed by atoms with Gasteiger partial charge >= 0.3 is 0 Å². The highest BCUT2D eigenvalue weighted by molar-refractivity contribution is 7.22.